The lowest BCUT2D eigenvalue weighted by Crippen LogP contribution is -2.13. The highest BCUT2D eigenvalue weighted by molar-refractivity contribution is 7.99. The van der Waals surface area contributed by atoms with Crippen molar-refractivity contribution in [3.63, 3.8) is 0 Å². The molecule has 1 aromatic heterocycles. The number of furan rings is 1. The number of hydrogen-bond donors (Lipinski definition) is 1. The minimum absolute atomic E-state index is 0.0487. The van der Waals surface area contributed by atoms with E-state index in [1.54, 1.807) is 30.3 Å². The van der Waals surface area contributed by atoms with Gasteiger partial charge in [0, 0.05) is 22.7 Å². The summed E-state index contributed by atoms with van der Waals surface area (Å²) < 4.78 is 11.1. The van der Waals surface area contributed by atoms with E-state index in [2.05, 4.69) is 5.32 Å². The monoisotopic (exact) mass is 390 g/mol. The Kier molecular flexibility index (Phi) is 6.55. The third kappa shape index (κ3) is 5.29. The van der Waals surface area contributed by atoms with E-state index < -0.39 is 5.91 Å². The normalized spacial score (nSPS) is 10.9. The lowest BCUT2D eigenvalue weighted by Gasteiger charge is -2.07. The standard InChI is InChI=1S/C22H18N2O3S/c1-2-26-18-8-6-7-17(14-18)24-22(25)16(15-23)13-19-11-12-21(27-19)28-20-9-4-3-5-10-20/h3-14H,2H2,1H3,(H,24,25)/b16-13+. The van der Waals surface area contributed by atoms with Gasteiger partial charge in [-0.25, -0.2) is 0 Å². The molecule has 5 nitrogen and oxygen atoms in total. The van der Waals surface area contributed by atoms with Gasteiger partial charge in [0.15, 0.2) is 5.09 Å². The van der Waals surface area contributed by atoms with Crippen molar-refractivity contribution in [2.75, 3.05) is 11.9 Å². The van der Waals surface area contributed by atoms with Crippen LogP contribution in [0, 0.1) is 11.3 Å². The molecule has 0 fully saturated rings. The number of hydrogen-bond acceptors (Lipinski definition) is 5. The van der Waals surface area contributed by atoms with Crippen LogP contribution in [0.5, 0.6) is 5.75 Å². The highest BCUT2D eigenvalue weighted by Gasteiger charge is 2.12. The van der Waals surface area contributed by atoms with Crippen molar-refractivity contribution < 1.29 is 13.9 Å². The molecule has 140 valence electrons. The molecule has 3 aromatic rings. The summed E-state index contributed by atoms with van der Waals surface area (Å²) in [5.41, 5.74) is 0.504. The Bertz CT molecular complexity index is 1020. The van der Waals surface area contributed by atoms with Gasteiger partial charge in [0.05, 0.1) is 6.61 Å². The molecule has 0 aliphatic carbocycles. The molecule has 0 aliphatic heterocycles. The van der Waals surface area contributed by atoms with Gasteiger partial charge in [-0.2, -0.15) is 5.26 Å². The van der Waals surface area contributed by atoms with Crippen LogP contribution in [0.1, 0.15) is 12.7 Å². The Morgan fingerprint density at radius 2 is 2.00 bits per heavy atom. The zero-order valence-corrected chi connectivity index (χ0v) is 16.0. The maximum absolute atomic E-state index is 12.4. The summed E-state index contributed by atoms with van der Waals surface area (Å²) in [6.07, 6.45) is 1.43. The van der Waals surface area contributed by atoms with E-state index in [9.17, 15) is 10.1 Å². The summed E-state index contributed by atoms with van der Waals surface area (Å²) >= 11 is 1.47. The summed E-state index contributed by atoms with van der Waals surface area (Å²) in [5.74, 6) is 0.578. The van der Waals surface area contributed by atoms with Gasteiger partial charge in [-0.3, -0.25) is 4.79 Å². The minimum Gasteiger partial charge on any atom is -0.494 e. The first kappa shape index (κ1) is 19.3. The molecule has 0 saturated heterocycles. The smallest absolute Gasteiger partial charge is 0.266 e. The first-order valence-electron chi connectivity index (χ1n) is 8.66. The van der Waals surface area contributed by atoms with E-state index in [0.717, 1.165) is 4.90 Å². The fourth-order valence-corrected chi connectivity index (χ4v) is 3.19. The molecule has 0 bridgehead atoms. The van der Waals surface area contributed by atoms with Gasteiger partial charge in [-0.05, 0) is 43.3 Å². The number of nitrogens with one attached hydrogen (secondary N) is 1. The van der Waals surface area contributed by atoms with Crippen molar-refractivity contribution in [2.24, 2.45) is 0 Å². The summed E-state index contributed by atoms with van der Waals surface area (Å²) in [5, 5.41) is 12.7. The number of nitrogens with zero attached hydrogens (tertiary/aromatic N) is 1. The van der Waals surface area contributed by atoms with Gasteiger partial charge < -0.3 is 14.5 Å². The topological polar surface area (TPSA) is 75.3 Å². The molecule has 0 aliphatic rings. The molecule has 0 spiro atoms. The van der Waals surface area contributed by atoms with Crippen LogP contribution in [0.25, 0.3) is 6.08 Å². The molecule has 6 heteroatoms. The number of anilines is 1. The van der Waals surface area contributed by atoms with Crippen LogP contribution in [0.3, 0.4) is 0 Å². The first-order chi connectivity index (χ1) is 13.7. The van der Waals surface area contributed by atoms with Crippen molar-refractivity contribution in [1.82, 2.24) is 0 Å². The maximum Gasteiger partial charge on any atom is 0.266 e. The van der Waals surface area contributed by atoms with Crippen LogP contribution in [0.15, 0.2) is 86.7 Å². The molecule has 0 atom stereocenters. The molecule has 0 unspecified atom stereocenters. The molecule has 3 rings (SSSR count). The second-order valence-electron chi connectivity index (χ2n) is 5.66. The summed E-state index contributed by atoms with van der Waals surface area (Å²) in [7, 11) is 0. The number of carbonyl (C=O) groups excluding carboxylic acids is 1. The number of ether oxygens (including phenoxy) is 1. The van der Waals surface area contributed by atoms with Crippen molar-refractivity contribution in [2.45, 2.75) is 16.9 Å². The molecule has 0 saturated carbocycles. The van der Waals surface area contributed by atoms with Gasteiger partial charge in [-0.15, -0.1) is 0 Å². The highest BCUT2D eigenvalue weighted by Crippen LogP contribution is 2.29. The Morgan fingerprint density at radius 3 is 2.75 bits per heavy atom. The van der Waals surface area contributed by atoms with Crippen molar-refractivity contribution >= 4 is 29.4 Å². The predicted octanol–water partition coefficient (Wildman–Crippen LogP) is 5.38. The Labute approximate surface area is 167 Å². The molecule has 1 heterocycles. The van der Waals surface area contributed by atoms with E-state index in [1.807, 2.05) is 49.4 Å². The fourth-order valence-electron chi connectivity index (χ4n) is 2.39. The molecule has 1 N–H and O–H groups in total. The molecule has 1 amide bonds. The van der Waals surface area contributed by atoms with Gasteiger partial charge in [0.2, 0.25) is 0 Å². The number of rotatable bonds is 7. The third-order valence-electron chi connectivity index (χ3n) is 3.62. The second kappa shape index (κ2) is 9.49. The van der Waals surface area contributed by atoms with E-state index in [-0.39, 0.29) is 5.57 Å². The van der Waals surface area contributed by atoms with Crippen molar-refractivity contribution in [3.05, 3.63) is 78.1 Å². The average molecular weight is 390 g/mol. The number of amides is 1. The van der Waals surface area contributed by atoms with Crippen LogP contribution < -0.4 is 10.1 Å². The van der Waals surface area contributed by atoms with Crippen molar-refractivity contribution in [1.29, 1.82) is 5.26 Å². The van der Waals surface area contributed by atoms with E-state index in [4.69, 9.17) is 9.15 Å². The SMILES string of the molecule is CCOc1cccc(NC(=O)/C(C#N)=C/c2ccc(Sc3ccccc3)o2)c1. The Morgan fingerprint density at radius 1 is 1.18 bits per heavy atom. The zero-order chi connectivity index (χ0) is 19.8. The largest absolute Gasteiger partial charge is 0.494 e. The van der Waals surface area contributed by atoms with Crippen LogP contribution in [0.4, 0.5) is 5.69 Å². The van der Waals surface area contributed by atoms with Gasteiger partial charge >= 0.3 is 0 Å². The van der Waals surface area contributed by atoms with Crippen LogP contribution in [-0.2, 0) is 4.79 Å². The van der Waals surface area contributed by atoms with E-state index in [1.165, 1.54) is 17.8 Å². The van der Waals surface area contributed by atoms with E-state index in [0.29, 0.717) is 28.9 Å². The van der Waals surface area contributed by atoms with Crippen LogP contribution in [-0.4, -0.2) is 12.5 Å². The minimum atomic E-state index is -0.509. The highest BCUT2D eigenvalue weighted by atomic mass is 32.2. The molecule has 28 heavy (non-hydrogen) atoms. The molecule has 0 radical (unpaired) electrons. The lowest BCUT2D eigenvalue weighted by molar-refractivity contribution is -0.112. The quantitative estimate of drug-likeness (QED) is 0.433. The summed E-state index contributed by atoms with van der Waals surface area (Å²) in [6, 6.07) is 22.3. The number of carbonyl (C=O) groups is 1. The lowest BCUT2D eigenvalue weighted by atomic mass is 10.2. The fraction of sp³-hybridized carbons (Fsp3) is 0.0909. The van der Waals surface area contributed by atoms with Gasteiger partial charge in [0.25, 0.3) is 5.91 Å². The maximum atomic E-state index is 12.4. The number of benzene rings is 2. The number of nitriles is 1. The Balaban J connectivity index is 1.70. The Hall–Kier alpha value is -3.43. The average Bonchev–Trinajstić information content (AvgIpc) is 3.14. The summed E-state index contributed by atoms with van der Waals surface area (Å²) in [4.78, 5) is 13.5. The zero-order valence-electron chi connectivity index (χ0n) is 15.2. The predicted molar refractivity (Wildman–Crippen MR) is 109 cm³/mol. The second-order valence-corrected chi connectivity index (χ2v) is 6.73. The first-order valence-corrected chi connectivity index (χ1v) is 9.48. The van der Waals surface area contributed by atoms with Crippen LogP contribution >= 0.6 is 11.8 Å². The molecular weight excluding hydrogens is 372 g/mol. The van der Waals surface area contributed by atoms with Gasteiger partial charge in [0.1, 0.15) is 23.2 Å². The van der Waals surface area contributed by atoms with Gasteiger partial charge in [-0.1, -0.05) is 36.0 Å². The molecular formula is C22H18N2O3S. The third-order valence-corrected chi connectivity index (χ3v) is 4.55. The van der Waals surface area contributed by atoms with E-state index >= 15 is 0 Å². The molecule has 2 aromatic carbocycles. The summed E-state index contributed by atoms with van der Waals surface area (Å²) in [6.45, 7) is 2.41. The van der Waals surface area contributed by atoms with Crippen molar-refractivity contribution in [3.8, 4) is 11.8 Å². The van der Waals surface area contributed by atoms with Crippen LogP contribution in [0.2, 0.25) is 0 Å².